The molecule has 2 aromatic carbocycles. The zero-order chi connectivity index (χ0) is 22.0. The van der Waals surface area contributed by atoms with E-state index in [2.05, 4.69) is 10.4 Å². The van der Waals surface area contributed by atoms with Gasteiger partial charge in [-0.25, -0.2) is 14.6 Å². The number of aryl methyl sites for hydroxylation is 2. The number of methoxy groups -OCH3 is 1. The van der Waals surface area contributed by atoms with Gasteiger partial charge in [-0.05, 0) is 62.7 Å². The van der Waals surface area contributed by atoms with Crippen LogP contribution in [0.2, 0.25) is 5.02 Å². The van der Waals surface area contributed by atoms with E-state index in [-0.39, 0.29) is 0 Å². The van der Waals surface area contributed by atoms with Gasteiger partial charge in [0.15, 0.2) is 23.1 Å². The predicted molar refractivity (Wildman–Crippen MR) is 123 cm³/mol. The average Bonchev–Trinajstić information content (AvgIpc) is 3.10. The largest absolute Gasteiger partial charge is 0.493 e. The molecule has 0 fully saturated rings. The van der Waals surface area contributed by atoms with Crippen LogP contribution in [0, 0.1) is 13.8 Å². The molecular formula is C23H24ClN5O2. The van der Waals surface area contributed by atoms with Gasteiger partial charge in [-0.15, -0.1) is 0 Å². The molecular weight excluding hydrogens is 414 g/mol. The second-order valence-electron chi connectivity index (χ2n) is 7.14. The summed E-state index contributed by atoms with van der Waals surface area (Å²) in [4.78, 5) is 9.61. The Morgan fingerprint density at radius 1 is 1.00 bits per heavy atom. The first kappa shape index (κ1) is 20.9. The zero-order valence-electron chi connectivity index (χ0n) is 17.9. The Kier molecular flexibility index (Phi) is 5.95. The Bertz CT molecular complexity index is 1240. The van der Waals surface area contributed by atoms with E-state index in [1.54, 1.807) is 17.9 Å². The fourth-order valence-electron chi connectivity index (χ4n) is 3.41. The Morgan fingerprint density at radius 3 is 2.55 bits per heavy atom. The molecule has 7 nitrogen and oxygen atoms in total. The first-order valence-corrected chi connectivity index (χ1v) is 10.4. The van der Waals surface area contributed by atoms with Crippen LogP contribution in [0.1, 0.15) is 23.9 Å². The molecule has 0 radical (unpaired) electrons. The van der Waals surface area contributed by atoms with Gasteiger partial charge in [0, 0.05) is 17.3 Å². The van der Waals surface area contributed by atoms with Crippen LogP contribution in [0.5, 0.6) is 11.5 Å². The van der Waals surface area contributed by atoms with Gasteiger partial charge in [0.25, 0.3) is 0 Å². The Hall–Kier alpha value is -3.32. The molecule has 0 aliphatic rings. The maximum atomic E-state index is 6.17. The molecule has 160 valence electrons. The zero-order valence-corrected chi connectivity index (χ0v) is 18.7. The van der Waals surface area contributed by atoms with Gasteiger partial charge in [0.1, 0.15) is 0 Å². The van der Waals surface area contributed by atoms with Crippen LogP contribution in [0.3, 0.4) is 0 Å². The van der Waals surface area contributed by atoms with Crippen molar-refractivity contribution in [2.75, 3.05) is 19.0 Å². The summed E-state index contributed by atoms with van der Waals surface area (Å²) in [5, 5.41) is 8.61. The van der Waals surface area contributed by atoms with Gasteiger partial charge in [-0.2, -0.15) is 5.10 Å². The van der Waals surface area contributed by atoms with Crippen molar-refractivity contribution in [1.82, 2.24) is 19.7 Å². The lowest BCUT2D eigenvalue weighted by Crippen LogP contribution is -2.11. The molecule has 0 amide bonds. The maximum Gasteiger partial charge on any atom is 0.197 e. The van der Waals surface area contributed by atoms with Crippen molar-refractivity contribution in [2.45, 2.75) is 27.3 Å². The third-order valence-electron chi connectivity index (χ3n) is 4.81. The van der Waals surface area contributed by atoms with Gasteiger partial charge in [-0.3, -0.25) is 0 Å². The monoisotopic (exact) mass is 437 g/mol. The van der Waals surface area contributed by atoms with E-state index in [1.165, 1.54) is 0 Å². The van der Waals surface area contributed by atoms with Crippen LogP contribution >= 0.6 is 11.6 Å². The Balaban J connectivity index is 1.72. The summed E-state index contributed by atoms with van der Waals surface area (Å²) in [6.07, 6.45) is 0. The standard InChI is InChI=1S/C23H24ClN5O2/c1-5-31-20-9-6-16(11-21(20)30-4)13-25-22-23(29-15(3)10-14(2)28-29)27-19-12-17(24)7-8-18(19)26-22/h6-12H,5,13H2,1-4H3,(H,25,26). The molecule has 0 aliphatic heterocycles. The summed E-state index contributed by atoms with van der Waals surface area (Å²) < 4.78 is 12.9. The smallest absolute Gasteiger partial charge is 0.197 e. The van der Waals surface area contributed by atoms with Crippen LogP contribution < -0.4 is 14.8 Å². The normalized spacial score (nSPS) is 11.0. The van der Waals surface area contributed by atoms with E-state index in [0.29, 0.717) is 41.1 Å². The van der Waals surface area contributed by atoms with E-state index in [9.17, 15) is 0 Å². The lowest BCUT2D eigenvalue weighted by Gasteiger charge is -2.14. The van der Waals surface area contributed by atoms with Crippen molar-refractivity contribution in [3.8, 4) is 17.3 Å². The number of hydrogen-bond acceptors (Lipinski definition) is 6. The van der Waals surface area contributed by atoms with Crippen LogP contribution in [-0.4, -0.2) is 33.5 Å². The minimum atomic E-state index is 0.531. The molecule has 0 spiro atoms. The molecule has 4 aromatic rings. The molecule has 0 unspecified atom stereocenters. The summed E-state index contributed by atoms with van der Waals surface area (Å²) >= 11 is 6.17. The van der Waals surface area contributed by atoms with Crippen LogP contribution in [0.15, 0.2) is 42.5 Å². The Labute approximate surface area is 186 Å². The maximum absolute atomic E-state index is 6.17. The number of benzene rings is 2. The number of rotatable bonds is 7. The van der Waals surface area contributed by atoms with Gasteiger partial charge in [-0.1, -0.05) is 17.7 Å². The second-order valence-corrected chi connectivity index (χ2v) is 7.58. The lowest BCUT2D eigenvalue weighted by atomic mass is 10.2. The first-order valence-electron chi connectivity index (χ1n) is 10.0. The van der Waals surface area contributed by atoms with Crippen molar-refractivity contribution in [2.24, 2.45) is 0 Å². The third-order valence-corrected chi connectivity index (χ3v) is 5.04. The second kappa shape index (κ2) is 8.81. The third kappa shape index (κ3) is 4.41. The Morgan fingerprint density at radius 2 is 1.84 bits per heavy atom. The van der Waals surface area contributed by atoms with Crippen molar-refractivity contribution < 1.29 is 9.47 Å². The minimum absolute atomic E-state index is 0.531. The molecule has 4 rings (SSSR count). The SMILES string of the molecule is CCOc1ccc(CNc2nc3ccc(Cl)cc3nc2-n2nc(C)cc2C)cc1OC. The highest BCUT2D eigenvalue weighted by molar-refractivity contribution is 6.31. The van der Waals surface area contributed by atoms with Gasteiger partial charge < -0.3 is 14.8 Å². The molecule has 2 heterocycles. The van der Waals surface area contributed by atoms with Crippen molar-refractivity contribution in [3.05, 3.63) is 64.4 Å². The highest BCUT2D eigenvalue weighted by Gasteiger charge is 2.15. The molecule has 0 bridgehead atoms. The molecule has 0 saturated heterocycles. The van der Waals surface area contributed by atoms with E-state index in [0.717, 1.165) is 28.2 Å². The lowest BCUT2D eigenvalue weighted by molar-refractivity contribution is 0.310. The molecule has 2 aromatic heterocycles. The van der Waals surface area contributed by atoms with E-state index >= 15 is 0 Å². The highest BCUT2D eigenvalue weighted by atomic mass is 35.5. The average molecular weight is 438 g/mol. The summed E-state index contributed by atoms with van der Waals surface area (Å²) in [6, 6.07) is 13.3. The molecule has 0 aliphatic carbocycles. The van der Waals surface area contributed by atoms with Crippen LogP contribution in [-0.2, 0) is 6.54 Å². The van der Waals surface area contributed by atoms with E-state index in [1.807, 2.05) is 57.2 Å². The van der Waals surface area contributed by atoms with Gasteiger partial charge in [0.05, 0.1) is 30.4 Å². The molecule has 1 N–H and O–H groups in total. The molecule has 31 heavy (non-hydrogen) atoms. The molecule has 0 saturated carbocycles. The number of hydrogen-bond donors (Lipinski definition) is 1. The summed E-state index contributed by atoms with van der Waals surface area (Å²) in [5.74, 6) is 2.67. The summed E-state index contributed by atoms with van der Waals surface area (Å²) in [5.41, 5.74) is 4.37. The number of anilines is 1. The minimum Gasteiger partial charge on any atom is -0.493 e. The van der Waals surface area contributed by atoms with Crippen LogP contribution in [0.25, 0.3) is 16.9 Å². The molecule has 0 atom stereocenters. The fraction of sp³-hybridized carbons (Fsp3) is 0.261. The summed E-state index contributed by atoms with van der Waals surface area (Å²) in [6.45, 7) is 7.00. The molecule has 8 heteroatoms. The van der Waals surface area contributed by atoms with E-state index in [4.69, 9.17) is 31.0 Å². The van der Waals surface area contributed by atoms with E-state index < -0.39 is 0 Å². The van der Waals surface area contributed by atoms with Gasteiger partial charge in [0.2, 0.25) is 0 Å². The quantitative estimate of drug-likeness (QED) is 0.433. The number of aromatic nitrogens is 4. The first-order chi connectivity index (χ1) is 15.0. The number of fused-ring (bicyclic) bond motifs is 1. The van der Waals surface area contributed by atoms with Gasteiger partial charge >= 0.3 is 0 Å². The predicted octanol–water partition coefficient (Wildman–Crippen LogP) is 5.11. The summed E-state index contributed by atoms with van der Waals surface area (Å²) in [7, 11) is 1.63. The number of nitrogens with one attached hydrogen (secondary N) is 1. The fourth-order valence-corrected chi connectivity index (χ4v) is 3.58. The number of nitrogens with zero attached hydrogens (tertiary/aromatic N) is 4. The topological polar surface area (TPSA) is 74.1 Å². The van der Waals surface area contributed by atoms with Crippen molar-refractivity contribution >= 4 is 28.5 Å². The van der Waals surface area contributed by atoms with Crippen molar-refractivity contribution in [1.29, 1.82) is 0 Å². The van der Waals surface area contributed by atoms with Crippen molar-refractivity contribution in [3.63, 3.8) is 0 Å². The highest BCUT2D eigenvalue weighted by Crippen LogP contribution is 2.29. The number of ether oxygens (including phenoxy) is 2. The van der Waals surface area contributed by atoms with Crippen LogP contribution in [0.4, 0.5) is 5.82 Å². The number of halogens is 1.